The molecule has 1 heterocycles. The van der Waals surface area contributed by atoms with Crippen LogP contribution in [0.2, 0.25) is 5.02 Å². The quantitative estimate of drug-likeness (QED) is 0.800. The van der Waals surface area contributed by atoms with Crippen LogP contribution in [0.15, 0.2) is 24.3 Å². The predicted octanol–water partition coefficient (Wildman–Crippen LogP) is 3.39. The highest BCUT2D eigenvalue weighted by atomic mass is 35.5. The molecule has 1 aromatic carbocycles. The molecule has 2 rings (SSSR count). The highest BCUT2D eigenvalue weighted by molar-refractivity contribution is 6.30. The number of halogens is 1. The molecule has 0 aliphatic carbocycles. The largest absolute Gasteiger partial charge is 0.481 e. The number of likely N-dealkylation sites (tertiary alicyclic amines) is 1. The molecule has 0 bridgehead atoms. The van der Waals surface area contributed by atoms with Gasteiger partial charge in [0.1, 0.15) is 0 Å². The van der Waals surface area contributed by atoms with E-state index in [0.29, 0.717) is 12.5 Å². The molecule has 0 saturated carbocycles. The standard InChI is InChI=1S/C18H27ClN2O2/c1-18(2,17(22)23)9-10-20-16-7-11-21(12-8-16)13-14-3-5-15(19)6-4-14/h3-6,16,20H,7-13H2,1-2H3,(H,22,23). The monoisotopic (exact) mass is 338 g/mol. The Hall–Kier alpha value is -1.10. The van der Waals surface area contributed by atoms with Crippen molar-refractivity contribution in [2.45, 2.75) is 45.7 Å². The summed E-state index contributed by atoms with van der Waals surface area (Å²) in [5, 5.41) is 13.4. The Balaban J connectivity index is 1.68. The number of rotatable bonds is 7. The molecular formula is C18H27ClN2O2. The van der Waals surface area contributed by atoms with Crippen molar-refractivity contribution in [1.82, 2.24) is 10.2 Å². The number of carbonyl (C=O) groups is 1. The van der Waals surface area contributed by atoms with Crippen molar-refractivity contribution < 1.29 is 9.90 Å². The molecule has 1 aliphatic rings. The first kappa shape index (κ1) is 18.2. The average molecular weight is 339 g/mol. The third kappa shape index (κ3) is 5.79. The van der Waals surface area contributed by atoms with Crippen LogP contribution in [0.5, 0.6) is 0 Å². The van der Waals surface area contributed by atoms with Crippen molar-refractivity contribution >= 4 is 17.6 Å². The number of piperidine rings is 1. The molecule has 4 nitrogen and oxygen atoms in total. The summed E-state index contributed by atoms with van der Waals surface area (Å²) in [6.45, 7) is 7.44. The summed E-state index contributed by atoms with van der Waals surface area (Å²) in [6, 6.07) is 8.55. The molecule has 0 amide bonds. The third-order valence-electron chi connectivity index (χ3n) is 4.67. The van der Waals surface area contributed by atoms with Gasteiger partial charge in [0.25, 0.3) is 0 Å². The van der Waals surface area contributed by atoms with Crippen molar-refractivity contribution in [3.63, 3.8) is 0 Å². The molecule has 5 heteroatoms. The van der Waals surface area contributed by atoms with Crippen molar-refractivity contribution in [2.75, 3.05) is 19.6 Å². The van der Waals surface area contributed by atoms with Crippen LogP contribution in [-0.4, -0.2) is 41.7 Å². The SMILES string of the molecule is CC(C)(CCNC1CCN(Cc2ccc(Cl)cc2)CC1)C(=O)O. The van der Waals surface area contributed by atoms with Gasteiger partial charge in [-0.05, 0) is 70.4 Å². The summed E-state index contributed by atoms with van der Waals surface area (Å²) >= 11 is 5.91. The molecule has 2 N–H and O–H groups in total. The van der Waals surface area contributed by atoms with Crippen molar-refractivity contribution in [1.29, 1.82) is 0 Å². The lowest BCUT2D eigenvalue weighted by atomic mass is 9.89. The van der Waals surface area contributed by atoms with Gasteiger partial charge in [0.15, 0.2) is 0 Å². The first-order chi connectivity index (χ1) is 10.9. The van der Waals surface area contributed by atoms with Gasteiger partial charge in [-0.1, -0.05) is 23.7 Å². The Morgan fingerprint density at radius 2 is 1.91 bits per heavy atom. The Morgan fingerprint density at radius 3 is 2.48 bits per heavy atom. The molecule has 1 fully saturated rings. The summed E-state index contributed by atoms with van der Waals surface area (Å²) in [7, 11) is 0. The number of carboxylic acids is 1. The third-order valence-corrected chi connectivity index (χ3v) is 4.92. The zero-order valence-corrected chi connectivity index (χ0v) is 14.8. The van der Waals surface area contributed by atoms with E-state index >= 15 is 0 Å². The Kier molecular flexibility index (Phi) is 6.45. The van der Waals surface area contributed by atoms with Crippen molar-refractivity contribution in [2.24, 2.45) is 5.41 Å². The molecule has 0 atom stereocenters. The van der Waals surface area contributed by atoms with E-state index in [1.54, 1.807) is 13.8 Å². The highest BCUT2D eigenvalue weighted by Crippen LogP contribution is 2.20. The molecule has 0 aromatic heterocycles. The topological polar surface area (TPSA) is 52.6 Å². The van der Waals surface area contributed by atoms with Gasteiger partial charge < -0.3 is 10.4 Å². The lowest BCUT2D eigenvalue weighted by Gasteiger charge is -2.33. The fourth-order valence-electron chi connectivity index (χ4n) is 2.84. The highest BCUT2D eigenvalue weighted by Gasteiger charge is 2.27. The van der Waals surface area contributed by atoms with Crippen molar-refractivity contribution in [3.8, 4) is 0 Å². The minimum absolute atomic E-state index is 0.501. The Morgan fingerprint density at radius 1 is 1.30 bits per heavy atom. The number of aliphatic carboxylic acids is 1. The van der Waals surface area contributed by atoms with Crippen LogP contribution in [0.1, 0.15) is 38.7 Å². The van der Waals surface area contributed by atoms with Crippen molar-refractivity contribution in [3.05, 3.63) is 34.9 Å². The minimum Gasteiger partial charge on any atom is -0.481 e. The van der Waals surface area contributed by atoms with Gasteiger partial charge in [-0.3, -0.25) is 9.69 Å². The normalized spacial score (nSPS) is 17.3. The minimum atomic E-state index is -0.725. The zero-order chi connectivity index (χ0) is 16.9. The summed E-state index contributed by atoms with van der Waals surface area (Å²) < 4.78 is 0. The van der Waals surface area contributed by atoms with Gasteiger partial charge in [0, 0.05) is 17.6 Å². The maximum Gasteiger partial charge on any atom is 0.309 e. The smallest absolute Gasteiger partial charge is 0.309 e. The Labute approximate surface area is 143 Å². The number of nitrogens with one attached hydrogen (secondary N) is 1. The second kappa shape index (κ2) is 8.13. The van der Waals surface area contributed by atoms with Crippen LogP contribution < -0.4 is 5.32 Å². The van der Waals surface area contributed by atoms with Gasteiger partial charge in [-0.25, -0.2) is 0 Å². The van der Waals surface area contributed by atoms with E-state index in [2.05, 4.69) is 22.3 Å². The molecule has 0 unspecified atom stereocenters. The van der Waals surface area contributed by atoms with E-state index in [1.807, 2.05) is 12.1 Å². The van der Waals surface area contributed by atoms with Gasteiger partial charge >= 0.3 is 5.97 Å². The molecule has 0 spiro atoms. The van der Waals surface area contributed by atoms with Crippen LogP contribution in [0.3, 0.4) is 0 Å². The fraction of sp³-hybridized carbons (Fsp3) is 0.611. The first-order valence-corrected chi connectivity index (χ1v) is 8.68. The number of nitrogens with zero attached hydrogens (tertiary/aromatic N) is 1. The molecule has 1 saturated heterocycles. The summed E-state index contributed by atoms with van der Waals surface area (Å²) in [4.78, 5) is 13.6. The van der Waals surface area contributed by atoms with Crippen LogP contribution in [0.25, 0.3) is 0 Å². The van der Waals surface area contributed by atoms with Gasteiger partial charge in [0.05, 0.1) is 5.41 Å². The summed E-state index contributed by atoms with van der Waals surface area (Å²) in [6.07, 6.45) is 2.88. The van der Waals surface area contributed by atoms with Crippen LogP contribution in [0, 0.1) is 5.41 Å². The predicted molar refractivity (Wildman–Crippen MR) is 93.8 cm³/mol. The second-order valence-corrected chi connectivity index (χ2v) is 7.51. The van der Waals surface area contributed by atoms with E-state index in [-0.39, 0.29) is 0 Å². The van der Waals surface area contributed by atoms with Crippen LogP contribution in [-0.2, 0) is 11.3 Å². The maximum atomic E-state index is 11.1. The molecule has 128 valence electrons. The lowest BCUT2D eigenvalue weighted by molar-refractivity contribution is -0.147. The first-order valence-electron chi connectivity index (χ1n) is 8.30. The average Bonchev–Trinajstić information content (AvgIpc) is 2.51. The van der Waals surface area contributed by atoms with Crippen LogP contribution in [0.4, 0.5) is 0 Å². The zero-order valence-electron chi connectivity index (χ0n) is 14.0. The lowest BCUT2D eigenvalue weighted by Crippen LogP contribution is -2.43. The van der Waals surface area contributed by atoms with E-state index < -0.39 is 11.4 Å². The number of benzene rings is 1. The molecule has 1 aromatic rings. The molecule has 23 heavy (non-hydrogen) atoms. The van der Waals surface area contributed by atoms with E-state index in [0.717, 1.165) is 44.0 Å². The second-order valence-electron chi connectivity index (χ2n) is 7.07. The fourth-order valence-corrected chi connectivity index (χ4v) is 2.96. The van der Waals surface area contributed by atoms with Crippen LogP contribution >= 0.6 is 11.6 Å². The number of hydrogen-bond acceptors (Lipinski definition) is 3. The summed E-state index contributed by atoms with van der Waals surface area (Å²) in [5.74, 6) is -0.725. The van der Waals surface area contributed by atoms with E-state index in [1.165, 1.54) is 5.56 Å². The maximum absolute atomic E-state index is 11.1. The number of carboxylic acid groups (broad SMARTS) is 1. The Bertz CT molecular complexity index is 508. The molecule has 1 aliphatic heterocycles. The van der Waals surface area contributed by atoms with Gasteiger partial charge in [-0.2, -0.15) is 0 Å². The van der Waals surface area contributed by atoms with E-state index in [9.17, 15) is 4.79 Å². The van der Waals surface area contributed by atoms with Gasteiger partial charge in [0.2, 0.25) is 0 Å². The van der Waals surface area contributed by atoms with Gasteiger partial charge in [-0.15, -0.1) is 0 Å². The van der Waals surface area contributed by atoms with E-state index in [4.69, 9.17) is 16.7 Å². The number of hydrogen-bond donors (Lipinski definition) is 2. The molecular weight excluding hydrogens is 312 g/mol. The molecule has 0 radical (unpaired) electrons. The summed E-state index contributed by atoms with van der Waals surface area (Å²) in [5.41, 5.74) is 0.645.